The fourth-order valence-electron chi connectivity index (χ4n) is 2.28. The maximum atomic E-state index is 12.2. The van der Waals surface area contributed by atoms with E-state index in [9.17, 15) is 9.90 Å². The molecule has 104 valence electrons. The average Bonchev–Trinajstić information content (AvgIpc) is 3.30. The van der Waals surface area contributed by atoms with E-state index >= 15 is 0 Å². The second kappa shape index (κ2) is 5.38. The zero-order valence-electron chi connectivity index (χ0n) is 10.8. The van der Waals surface area contributed by atoms with Crippen LogP contribution in [0.3, 0.4) is 0 Å². The Morgan fingerprint density at radius 3 is 2.80 bits per heavy atom. The zero-order valence-corrected chi connectivity index (χ0v) is 11.6. The summed E-state index contributed by atoms with van der Waals surface area (Å²) in [4.78, 5) is 16.3. The first kappa shape index (κ1) is 13.3. The first-order chi connectivity index (χ1) is 9.66. The Labute approximate surface area is 121 Å². The molecular weight excluding hydrogens is 276 g/mol. The van der Waals surface area contributed by atoms with Crippen LogP contribution in [0.4, 0.5) is 0 Å². The number of aromatic nitrogens is 1. The number of nitrogens with zero attached hydrogens (tertiary/aromatic N) is 1. The third-order valence-electron chi connectivity index (χ3n) is 3.63. The van der Waals surface area contributed by atoms with Crippen molar-refractivity contribution in [1.82, 2.24) is 10.3 Å². The molecule has 1 heterocycles. The molecule has 4 nitrogen and oxygen atoms in total. The van der Waals surface area contributed by atoms with Crippen LogP contribution < -0.4 is 5.32 Å². The number of rotatable bonds is 4. The molecule has 0 saturated heterocycles. The van der Waals surface area contributed by atoms with Crippen LogP contribution in [0.15, 0.2) is 30.5 Å². The number of hydrogen-bond donors (Lipinski definition) is 2. The lowest BCUT2D eigenvalue weighted by Gasteiger charge is -2.12. The topological polar surface area (TPSA) is 62.2 Å². The second-order valence-corrected chi connectivity index (χ2v) is 5.48. The molecule has 0 bridgehead atoms. The molecule has 0 radical (unpaired) electrons. The second-order valence-electron chi connectivity index (χ2n) is 5.12. The minimum atomic E-state index is -0.453. The van der Waals surface area contributed by atoms with Gasteiger partial charge in [-0.25, -0.2) is 4.98 Å². The van der Waals surface area contributed by atoms with Gasteiger partial charge in [0.1, 0.15) is 5.15 Å². The van der Waals surface area contributed by atoms with Gasteiger partial charge in [-0.15, -0.1) is 0 Å². The summed E-state index contributed by atoms with van der Waals surface area (Å²) in [5.41, 5.74) is 0.480. The molecule has 1 amide bonds. The minimum absolute atomic E-state index is 0.231. The van der Waals surface area contributed by atoms with E-state index < -0.39 is 6.10 Å². The highest BCUT2D eigenvalue weighted by Crippen LogP contribution is 2.32. The van der Waals surface area contributed by atoms with E-state index in [1.165, 1.54) is 6.20 Å². The SMILES string of the molecule is O=C(NCC(O)C1CC1)c1cnc(Cl)c2ccccc12. The summed E-state index contributed by atoms with van der Waals surface area (Å²) in [6, 6.07) is 7.39. The summed E-state index contributed by atoms with van der Waals surface area (Å²) < 4.78 is 0. The van der Waals surface area contributed by atoms with Crippen LogP contribution in [0.5, 0.6) is 0 Å². The van der Waals surface area contributed by atoms with E-state index in [1.807, 2.05) is 24.3 Å². The van der Waals surface area contributed by atoms with Gasteiger partial charge in [-0.1, -0.05) is 35.9 Å². The maximum Gasteiger partial charge on any atom is 0.253 e. The van der Waals surface area contributed by atoms with Gasteiger partial charge in [0, 0.05) is 18.1 Å². The van der Waals surface area contributed by atoms with Crippen LogP contribution in [0, 0.1) is 5.92 Å². The van der Waals surface area contributed by atoms with Crippen LogP contribution in [0.2, 0.25) is 5.15 Å². The summed E-state index contributed by atoms with van der Waals surface area (Å²) in [7, 11) is 0. The lowest BCUT2D eigenvalue weighted by molar-refractivity contribution is 0.0902. The number of benzene rings is 1. The summed E-state index contributed by atoms with van der Waals surface area (Å²) in [5, 5.41) is 14.5. The molecule has 3 rings (SSSR count). The van der Waals surface area contributed by atoms with E-state index in [0.717, 1.165) is 23.6 Å². The number of halogens is 1. The van der Waals surface area contributed by atoms with Gasteiger partial charge >= 0.3 is 0 Å². The molecule has 1 aromatic heterocycles. The monoisotopic (exact) mass is 290 g/mol. The van der Waals surface area contributed by atoms with E-state index in [0.29, 0.717) is 16.6 Å². The highest BCUT2D eigenvalue weighted by atomic mass is 35.5. The number of fused-ring (bicyclic) bond motifs is 1. The number of pyridine rings is 1. The summed E-state index contributed by atoms with van der Waals surface area (Å²) in [6.07, 6.45) is 3.11. The Kier molecular flexibility index (Phi) is 3.59. The summed E-state index contributed by atoms with van der Waals surface area (Å²) >= 11 is 6.03. The molecule has 2 N–H and O–H groups in total. The molecular formula is C15H15ClN2O2. The Morgan fingerprint density at radius 2 is 2.10 bits per heavy atom. The van der Waals surface area contributed by atoms with Crippen molar-refractivity contribution in [3.63, 3.8) is 0 Å². The van der Waals surface area contributed by atoms with Crippen molar-refractivity contribution in [3.05, 3.63) is 41.2 Å². The first-order valence-electron chi connectivity index (χ1n) is 6.66. The first-order valence-corrected chi connectivity index (χ1v) is 7.04. The minimum Gasteiger partial charge on any atom is -0.391 e. The number of aliphatic hydroxyl groups excluding tert-OH is 1. The predicted molar refractivity (Wildman–Crippen MR) is 77.8 cm³/mol. The van der Waals surface area contributed by atoms with Crippen molar-refractivity contribution in [2.45, 2.75) is 18.9 Å². The van der Waals surface area contributed by atoms with E-state index in [2.05, 4.69) is 10.3 Å². The highest BCUT2D eigenvalue weighted by molar-refractivity contribution is 6.34. The Hall–Kier alpha value is -1.65. The molecule has 0 spiro atoms. The molecule has 1 saturated carbocycles. The van der Waals surface area contributed by atoms with Crippen LogP contribution in [0.25, 0.3) is 10.8 Å². The molecule has 5 heteroatoms. The molecule has 2 aromatic rings. The quantitative estimate of drug-likeness (QED) is 0.850. The third kappa shape index (κ3) is 2.62. The van der Waals surface area contributed by atoms with Gasteiger partial charge in [-0.05, 0) is 24.1 Å². The average molecular weight is 291 g/mol. The number of nitrogens with one attached hydrogen (secondary N) is 1. The van der Waals surface area contributed by atoms with Crippen molar-refractivity contribution in [1.29, 1.82) is 0 Å². The highest BCUT2D eigenvalue weighted by Gasteiger charge is 2.29. The van der Waals surface area contributed by atoms with Gasteiger partial charge < -0.3 is 10.4 Å². The number of carbonyl (C=O) groups is 1. The van der Waals surface area contributed by atoms with Crippen molar-refractivity contribution < 1.29 is 9.90 Å². The van der Waals surface area contributed by atoms with E-state index in [4.69, 9.17) is 11.6 Å². The molecule has 1 aliphatic rings. The van der Waals surface area contributed by atoms with Crippen LogP contribution >= 0.6 is 11.6 Å². The van der Waals surface area contributed by atoms with Crippen molar-refractivity contribution in [2.24, 2.45) is 5.92 Å². The third-order valence-corrected chi connectivity index (χ3v) is 3.93. The molecule has 20 heavy (non-hydrogen) atoms. The summed E-state index contributed by atoms with van der Waals surface area (Å²) in [6.45, 7) is 0.278. The summed E-state index contributed by atoms with van der Waals surface area (Å²) in [5.74, 6) is 0.112. The Bertz CT molecular complexity index is 655. The van der Waals surface area contributed by atoms with Crippen LogP contribution in [-0.2, 0) is 0 Å². The lowest BCUT2D eigenvalue weighted by Crippen LogP contribution is -2.33. The molecule has 1 atom stereocenters. The van der Waals surface area contributed by atoms with E-state index in [-0.39, 0.29) is 12.5 Å². The van der Waals surface area contributed by atoms with Crippen LogP contribution in [0.1, 0.15) is 23.2 Å². The lowest BCUT2D eigenvalue weighted by atomic mass is 10.1. The molecule has 1 aliphatic carbocycles. The fraction of sp³-hybridized carbons (Fsp3) is 0.333. The van der Waals surface area contributed by atoms with Gasteiger partial charge in [0.2, 0.25) is 0 Å². The molecule has 1 fully saturated rings. The van der Waals surface area contributed by atoms with Gasteiger partial charge in [0.15, 0.2) is 0 Å². The fourth-order valence-corrected chi connectivity index (χ4v) is 2.49. The van der Waals surface area contributed by atoms with Crippen LogP contribution in [-0.4, -0.2) is 28.6 Å². The Morgan fingerprint density at radius 1 is 1.40 bits per heavy atom. The van der Waals surface area contributed by atoms with E-state index in [1.54, 1.807) is 0 Å². The smallest absolute Gasteiger partial charge is 0.253 e. The van der Waals surface area contributed by atoms with Gasteiger partial charge in [0.05, 0.1) is 11.7 Å². The van der Waals surface area contributed by atoms with Crippen molar-refractivity contribution >= 4 is 28.3 Å². The standard InChI is InChI=1S/C15H15ClN2O2/c16-14-11-4-2-1-3-10(11)12(7-17-14)15(20)18-8-13(19)9-5-6-9/h1-4,7,9,13,19H,5-6,8H2,(H,18,20). The van der Waals surface area contributed by atoms with Crippen molar-refractivity contribution in [2.75, 3.05) is 6.54 Å². The number of hydrogen-bond acceptors (Lipinski definition) is 3. The van der Waals surface area contributed by atoms with Crippen molar-refractivity contribution in [3.8, 4) is 0 Å². The molecule has 1 unspecified atom stereocenters. The zero-order chi connectivity index (χ0) is 14.1. The molecule has 0 aliphatic heterocycles. The molecule has 1 aromatic carbocycles. The normalized spacial score (nSPS) is 16.1. The van der Waals surface area contributed by atoms with Gasteiger partial charge in [-0.2, -0.15) is 0 Å². The maximum absolute atomic E-state index is 12.2. The van der Waals surface area contributed by atoms with Gasteiger partial charge in [-0.3, -0.25) is 4.79 Å². The largest absolute Gasteiger partial charge is 0.391 e. The number of amides is 1. The predicted octanol–water partition coefficient (Wildman–Crippen LogP) is 2.39. The number of carbonyl (C=O) groups excluding carboxylic acids is 1. The Balaban J connectivity index is 1.82. The number of aliphatic hydroxyl groups is 1. The van der Waals surface area contributed by atoms with Gasteiger partial charge in [0.25, 0.3) is 5.91 Å².